The highest BCUT2D eigenvalue weighted by molar-refractivity contribution is 5.81. The van der Waals surface area contributed by atoms with Gasteiger partial charge in [0.15, 0.2) is 0 Å². The van der Waals surface area contributed by atoms with Gasteiger partial charge in [0.25, 0.3) is 0 Å². The number of carboxylic acid groups (broad SMARTS) is 1. The number of piperidine rings is 1. The molecule has 0 bridgehead atoms. The molecule has 0 unspecified atom stereocenters. The number of carbonyl (C=O) groups excluding carboxylic acids is 1. The Hall–Kier alpha value is -1.31. The van der Waals surface area contributed by atoms with E-state index in [1.54, 1.807) is 0 Å². The van der Waals surface area contributed by atoms with Crippen molar-refractivity contribution in [2.45, 2.75) is 57.7 Å². The van der Waals surface area contributed by atoms with Crippen LogP contribution in [0.1, 0.15) is 45.4 Å². The van der Waals surface area contributed by atoms with Gasteiger partial charge in [0.2, 0.25) is 5.91 Å². The summed E-state index contributed by atoms with van der Waals surface area (Å²) in [6, 6.07) is -0.256. The largest absolute Gasteiger partial charge is 0.490 e. The second-order valence-electron chi connectivity index (χ2n) is 4.94. The van der Waals surface area contributed by atoms with Crippen molar-refractivity contribution >= 4 is 11.9 Å². The number of likely N-dealkylation sites (tertiary alicyclic amines) is 1. The third kappa shape index (κ3) is 8.54. The fraction of sp³-hybridized carbons (Fsp3) is 0.846. The zero-order valence-electron chi connectivity index (χ0n) is 12.2. The number of nitrogens with zero attached hydrogens (tertiary/aromatic N) is 1. The molecule has 1 aliphatic heterocycles. The summed E-state index contributed by atoms with van der Waals surface area (Å²) < 4.78 is 31.7. The van der Waals surface area contributed by atoms with E-state index in [2.05, 4.69) is 6.92 Å². The molecule has 5 nitrogen and oxygen atoms in total. The Morgan fingerprint density at radius 1 is 1.24 bits per heavy atom. The molecule has 8 heteroatoms. The van der Waals surface area contributed by atoms with Gasteiger partial charge in [-0.3, -0.25) is 4.79 Å². The number of amides is 1. The van der Waals surface area contributed by atoms with Gasteiger partial charge in [-0.05, 0) is 25.7 Å². The van der Waals surface area contributed by atoms with Crippen LogP contribution < -0.4 is 5.73 Å². The zero-order chi connectivity index (χ0) is 16.5. The molecular formula is C13H23F3N2O3. The number of hydrogen-bond acceptors (Lipinski definition) is 3. The summed E-state index contributed by atoms with van der Waals surface area (Å²) in [7, 11) is 0. The van der Waals surface area contributed by atoms with Gasteiger partial charge in [-0.1, -0.05) is 19.8 Å². The Labute approximate surface area is 122 Å². The lowest BCUT2D eigenvalue weighted by Gasteiger charge is -2.29. The number of carbonyl (C=O) groups is 2. The van der Waals surface area contributed by atoms with E-state index >= 15 is 0 Å². The van der Waals surface area contributed by atoms with Crippen LogP contribution in [0.3, 0.4) is 0 Å². The van der Waals surface area contributed by atoms with Crippen molar-refractivity contribution in [3.8, 4) is 0 Å². The zero-order valence-corrected chi connectivity index (χ0v) is 12.2. The smallest absolute Gasteiger partial charge is 0.475 e. The maximum atomic E-state index is 11.8. The lowest BCUT2D eigenvalue weighted by molar-refractivity contribution is -0.192. The Morgan fingerprint density at radius 3 is 2.10 bits per heavy atom. The summed E-state index contributed by atoms with van der Waals surface area (Å²) >= 11 is 0. The number of halogens is 3. The quantitative estimate of drug-likeness (QED) is 0.833. The third-order valence-corrected chi connectivity index (χ3v) is 3.10. The number of nitrogens with two attached hydrogens (primary N) is 1. The molecule has 21 heavy (non-hydrogen) atoms. The number of aliphatic carboxylic acids is 1. The molecule has 1 saturated heterocycles. The summed E-state index contributed by atoms with van der Waals surface area (Å²) in [6.45, 7) is 3.95. The summed E-state index contributed by atoms with van der Waals surface area (Å²) in [5.74, 6) is -2.59. The number of hydrogen-bond donors (Lipinski definition) is 2. The number of alkyl halides is 3. The van der Waals surface area contributed by atoms with Gasteiger partial charge in [-0.25, -0.2) is 4.79 Å². The van der Waals surface area contributed by atoms with Crippen molar-refractivity contribution in [1.82, 2.24) is 4.90 Å². The maximum Gasteiger partial charge on any atom is 0.490 e. The van der Waals surface area contributed by atoms with Crippen LogP contribution in [0, 0.1) is 0 Å². The molecule has 0 aliphatic carbocycles. The predicted octanol–water partition coefficient (Wildman–Crippen LogP) is 2.15. The van der Waals surface area contributed by atoms with Crippen LogP contribution in [-0.2, 0) is 9.59 Å². The highest BCUT2D eigenvalue weighted by atomic mass is 19.4. The first-order valence-electron chi connectivity index (χ1n) is 7.04. The van der Waals surface area contributed by atoms with E-state index in [9.17, 15) is 18.0 Å². The normalized spacial score (nSPS) is 16.7. The molecule has 3 N–H and O–H groups in total. The highest BCUT2D eigenvalue weighted by Gasteiger charge is 2.38. The van der Waals surface area contributed by atoms with Crippen molar-refractivity contribution < 1.29 is 27.9 Å². The first-order chi connectivity index (χ1) is 9.70. The molecule has 1 amide bonds. The van der Waals surface area contributed by atoms with Gasteiger partial charge in [0, 0.05) is 13.1 Å². The SMILES string of the molecule is CCCC[C@H](N)C(=O)N1CCCCC1.O=C(O)C(F)(F)F. The number of carboxylic acids is 1. The standard InChI is InChI=1S/C11H22N2O.C2HF3O2/c1-2-3-7-10(12)11(14)13-8-5-4-6-9-13;3-2(4,5)1(6)7/h10H,2-9,12H2,1H3;(H,6,7)/t10-;/m0./s1. The monoisotopic (exact) mass is 312 g/mol. The van der Waals surface area contributed by atoms with Crippen LogP contribution in [0.15, 0.2) is 0 Å². The third-order valence-electron chi connectivity index (χ3n) is 3.10. The highest BCUT2D eigenvalue weighted by Crippen LogP contribution is 2.13. The van der Waals surface area contributed by atoms with Crippen LogP contribution >= 0.6 is 0 Å². The molecule has 1 aliphatic rings. The average Bonchev–Trinajstić information content (AvgIpc) is 2.44. The van der Waals surface area contributed by atoms with Crippen LogP contribution in [0.5, 0.6) is 0 Å². The topological polar surface area (TPSA) is 83.6 Å². The summed E-state index contributed by atoms with van der Waals surface area (Å²) in [4.78, 5) is 22.6. The van der Waals surface area contributed by atoms with Gasteiger partial charge < -0.3 is 15.7 Å². The molecule has 0 aromatic carbocycles. The molecule has 1 heterocycles. The predicted molar refractivity (Wildman–Crippen MR) is 71.6 cm³/mol. The minimum Gasteiger partial charge on any atom is -0.475 e. The van der Waals surface area contributed by atoms with E-state index in [1.165, 1.54) is 6.42 Å². The van der Waals surface area contributed by atoms with Crippen LogP contribution in [-0.4, -0.2) is 47.2 Å². The number of unbranched alkanes of at least 4 members (excludes halogenated alkanes) is 1. The minimum atomic E-state index is -5.08. The first-order valence-corrected chi connectivity index (χ1v) is 7.04. The van der Waals surface area contributed by atoms with Crippen LogP contribution in [0.2, 0.25) is 0 Å². The second kappa shape index (κ2) is 9.59. The molecule has 0 aromatic heterocycles. The fourth-order valence-electron chi connectivity index (χ4n) is 1.90. The van der Waals surface area contributed by atoms with E-state index in [0.29, 0.717) is 0 Å². The summed E-state index contributed by atoms with van der Waals surface area (Å²) in [6.07, 6.45) is 1.47. The molecule has 0 spiro atoms. The van der Waals surface area contributed by atoms with E-state index in [-0.39, 0.29) is 11.9 Å². The van der Waals surface area contributed by atoms with Crippen LogP contribution in [0.4, 0.5) is 13.2 Å². The molecule has 124 valence electrons. The van der Waals surface area contributed by atoms with Crippen molar-refractivity contribution in [2.75, 3.05) is 13.1 Å². The lowest BCUT2D eigenvalue weighted by atomic mass is 10.1. The Bertz CT molecular complexity index is 329. The van der Waals surface area contributed by atoms with Crippen molar-refractivity contribution in [3.63, 3.8) is 0 Å². The first kappa shape index (κ1) is 19.7. The Balaban J connectivity index is 0.000000486. The van der Waals surface area contributed by atoms with Gasteiger partial charge in [0.05, 0.1) is 6.04 Å². The van der Waals surface area contributed by atoms with Crippen molar-refractivity contribution in [2.24, 2.45) is 5.73 Å². The van der Waals surface area contributed by atoms with Gasteiger partial charge in [0.1, 0.15) is 0 Å². The number of rotatable bonds is 4. The molecule has 1 atom stereocenters. The maximum absolute atomic E-state index is 11.8. The van der Waals surface area contributed by atoms with Gasteiger partial charge >= 0.3 is 12.1 Å². The fourth-order valence-corrected chi connectivity index (χ4v) is 1.90. The molecular weight excluding hydrogens is 289 g/mol. The lowest BCUT2D eigenvalue weighted by Crippen LogP contribution is -2.45. The minimum absolute atomic E-state index is 0.165. The molecule has 0 radical (unpaired) electrons. The average molecular weight is 312 g/mol. The van der Waals surface area contributed by atoms with Crippen molar-refractivity contribution in [3.05, 3.63) is 0 Å². The molecule has 1 rings (SSSR count). The molecule has 1 fully saturated rings. The summed E-state index contributed by atoms with van der Waals surface area (Å²) in [5, 5.41) is 7.12. The van der Waals surface area contributed by atoms with Crippen LogP contribution in [0.25, 0.3) is 0 Å². The van der Waals surface area contributed by atoms with E-state index < -0.39 is 12.1 Å². The Kier molecular flexibility index (Phi) is 9.00. The van der Waals surface area contributed by atoms with Gasteiger partial charge in [-0.2, -0.15) is 13.2 Å². The Morgan fingerprint density at radius 2 is 1.71 bits per heavy atom. The van der Waals surface area contributed by atoms with E-state index in [4.69, 9.17) is 15.6 Å². The molecule has 0 aromatic rings. The van der Waals surface area contributed by atoms with Gasteiger partial charge in [-0.15, -0.1) is 0 Å². The summed E-state index contributed by atoms with van der Waals surface area (Å²) in [5.41, 5.74) is 5.84. The second-order valence-corrected chi connectivity index (χ2v) is 4.94. The van der Waals surface area contributed by atoms with E-state index in [1.807, 2.05) is 4.90 Å². The molecule has 0 saturated carbocycles. The van der Waals surface area contributed by atoms with Crippen molar-refractivity contribution in [1.29, 1.82) is 0 Å². The van der Waals surface area contributed by atoms with E-state index in [0.717, 1.165) is 45.2 Å².